The molecule has 3 heteroatoms. The molecule has 1 aromatic carbocycles. The fourth-order valence-corrected chi connectivity index (χ4v) is 2.69. The Morgan fingerprint density at radius 1 is 1.24 bits per heavy atom. The average molecular weight is 249 g/mol. The van der Waals surface area contributed by atoms with Crippen LogP contribution in [0.4, 0.5) is 4.39 Å². The maximum Gasteiger partial charge on any atom is 0.138 e. The van der Waals surface area contributed by atoms with E-state index in [1.165, 1.54) is 6.07 Å². The van der Waals surface area contributed by atoms with Crippen LogP contribution in [0.2, 0.25) is 0 Å². The predicted molar refractivity (Wildman–Crippen MR) is 72.0 cm³/mol. The Morgan fingerprint density at radius 3 is 2.59 bits per heavy atom. The minimum absolute atomic E-state index is 0.00459. The molecule has 0 aliphatic carbocycles. The normalized spacial score (nSPS) is 12.1. The molecule has 0 atom stereocenters. The van der Waals surface area contributed by atoms with Gasteiger partial charge in [-0.1, -0.05) is 20.8 Å². The highest BCUT2D eigenvalue weighted by atomic mass is 32.2. The van der Waals surface area contributed by atoms with E-state index in [1.54, 1.807) is 18.0 Å². The topological polar surface area (TPSA) is 12.9 Å². The lowest BCUT2D eigenvalue weighted by Crippen LogP contribution is -2.07. The molecule has 0 spiro atoms. The van der Waals surface area contributed by atoms with Crippen molar-refractivity contribution in [3.63, 3.8) is 0 Å². The highest BCUT2D eigenvalue weighted by Crippen LogP contribution is 2.35. The molecular formula is C14H16FNS. The first-order valence-corrected chi connectivity index (χ1v) is 6.42. The van der Waals surface area contributed by atoms with E-state index in [9.17, 15) is 4.39 Å². The van der Waals surface area contributed by atoms with Crippen LogP contribution in [0.5, 0.6) is 0 Å². The summed E-state index contributed by atoms with van der Waals surface area (Å²) in [7, 11) is 0. The molecule has 0 saturated carbocycles. The smallest absolute Gasteiger partial charge is 0.138 e. The van der Waals surface area contributed by atoms with Crippen molar-refractivity contribution in [3.05, 3.63) is 35.8 Å². The van der Waals surface area contributed by atoms with Crippen LogP contribution in [-0.2, 0) is 0 Å². The van der Waals surface area contributed by atoms with Crippen LogP contribution in [-0.4, -0.2) is 9.73 Å². The molecule has 2 rings (SSSR count). The van der Waals surface area contributed by atoms with Gasteiger partial charge in [-0.2, -0.15) is 0 Å². The standard InChI is InChI=1S/C14H16FNS/c1-9-5-6-16-12-8-11(15)13(7-10(9)12)17-14(2,3)4/h5-8H,1-4H3. The first kappa shape index (κ1) is 12.4. The summed E-state index contributed by atoms with van der Waals surface area (Å²) < 4.78 is 13.9. The summed E-state index contributed by atoms with van der Waals surface area (Å²) in [5.41, 5.74) is 1.85. The van der Waals surface area contributed by atoms with E-state index >= 15 is 0 Å². The molecule has 2 aromatic rings. The van der Waals surface area contributed by atoms with Crippen LogP contribution in [0.3, 0.4) is 0 Å². The molecule has 1 aromatic heterocycles. The molecule has 0 aliphatic heterocycles. The maximum absolute atomic E-state index is 13.9. The van der Waals surface area contributed by atoms with Crippen molar-refractivity contribution >= 4 is 22.7 Å². The van der Waals surface area contributed by atoms with Crippen molar-refractivity contribution < 1.29 is 4.39 Å². The largest absolute Gasteiger partial charge is 0.256 e. The number of hydrogen-bond donors (Lipinski definition) is 0. The van der Waals surface area contributed by atoms with E-state index in [0.717, 1.165) is 16.5 Å². The summed E-state index contributed by atoms with van der Waals surface area (Å²) in [4.78, 5) is 4.89. The third-order valence-electron chi connectivity index (χ3n) is 2.43. The molecule has 0 bridgehead atoms. The molecule has 17 heavy (non-hydrogen) atoms. The predicted octanol–water partition coefficient (Wildman–Crippen LogP) is 4.57. The Hall–Kier alpha value is -1.09. The van der Waals surface area contributed by atoms with Gasteiger partial charge in [0.1, 0.15) is 5.82 Å². The molecule has 0 N–H and O–H groups in total. The van der Waals surface area contributed by atoms with Gasteiger partial charge in [0.05, 0.1) is 5.52 Å². The number of fused-ring (bicyclic) bond motifs is 1. The van der Waals surface area contributed by atoms with Gasteiger partial charge < -0.3 is 0 Å². The maximum atomic E-state index is 13.9. The van der Waals surface area contributed by atoms with Gasteiger partial charge in [-0.3, -0.25) is 4.98 Å². The number of hydrogen-bond acceptors (Lipinski definition) is 2. The lowest BCUT2D eigenvalue weighted by atomic mass is 10.1. The van der Waals surface area contributed by atoms with Gasteiger partial charge in [0.25, 0.3) is 0 Å². The fourth-order valence-electron chi connectivity index (χ4n) is 1.69. The first-order chi connectivity index (χ1) is 7.87. The van der Waals surface area contributed by atoms with Crippen LogP contribution in [0.1, 0.15) is 26.3 Å². The number of pyridine rings is 1. The Morgan fingerprint density at radius 2 is 1.94 bits per heavy atom. The van der Waals surface area contributed by atoms with Crippen LogP contribution < -0.4 is 0 Å². The van der Waals surface area contributed by atoms with E-state index in [1.807, 2.05) is 19.1 Å². The van der Waals surface area contributed by atoms with Crippen LogP contribution in [0.25, 0.3) is 10.9 Å². The second-order valence-corrected chi connectivity index (χ2v) is 7.01. The summed E-state index contributed by atoms with van der Waals surface area (Å²) in [5.74, 6) is -0.185. The zero-order valence-electron chi connectivity index (χ0n) is 10.5. The SMILES string of the molecule is Cc1ccnc2cc(F)c(SC(C)(C)C)cc12. The van der Waals surface area contributed by atoms with E-state index in [2.05, 4.69) is 25.8 Å². The number of halogens is 1. The van der Waals surface area contributed by atoms with Crippen LogP contribution >= 0.6 is 11.8 Å². The van der Waals surface area contributed by atoms with Gasteiger partial charge >= 0.3 is 0 Å². The third-order valence-corrected chi connectivity index (χ3v) is 3.57. The summed E-state index contributed by atoms with van der Waals surface area (Å²) in [5, 5.41) is 1.03. The minimum Gasteiger partial charge on any atom is -0.256 e. The second kappa shape index (κ2) is 4.30. The zero-order valence-corrected chi connectivity index (χ0v) is 11.4. The Labute approximate surface area is 105 Å². The summed E-state index contributed by atoms with van der Waals surface area (Å²) in [6.07, 6.45) is 1.72. The average Bonchev–Trinajstić information content (AvgIpc) is 2.18. The number of rotatable bonds is 1. The van der Waals surface area contributed by atoms with Crippen molar-refractivity contribution in [3.8, 4) is 0 Å². The molecular weight excluding hydrogens is 233 g/mol. The number of thioether (sulfide) groups is 1. The molecule has 0 fully saturated rings. The molecule has 1 heterocycles. The number of aromatic nitrogens is 1. The van der Waals surface area contributed by atoms with Crippen molar-refractivity contribution in [2.75, 3.05) is 0 Å². The third kappa shape index (κ3) is 2.78. The van der Waals surface area contributed by atoms with Crippen LogP contribution in [0.15, 0.2) is 29.3 Å². The monoisotopic (exact) mass is 249 g/mol. The molecule has 1 nitrogen and oxygen atoms in total. The van der Waals surface area contributed by atoms with Gasteiger partial charge in [0, 0.05) is 27.3 Å². The molecule has 0 radical (unpaired) electrons. The molecule has 0 aliphatic rings. The summed E-state index contributed by atoms with van der Waals surface area (Å²) in [6, 6.07) is 5.38. The van der Waals surface area contributed by atoms with Crippen molar-refractivity contribution in [2.24, 2.45) is 0 Å². The second-order valence-electron chi connectivity index (χ2n) is 5.14. The van der Waals surface area contributed by atoms with Crippen LogP contribution in [0, 0.1) is 12.7 Å². The molecule has 0 amide bonds. The van der Waals surface area contributed by atoms with Gasteiger partial charge in [-0.25, -0.2) is 4.39 Å². The number of nitrogens with zero attached hydrogens (tertiary/aromatic N) is 1. The van der Waals surface area contributed by atoms with Gasteiger partial charge in [-0.15, -0.1) is 11.8 Å². The summed E-state index contributed by atoms with van der Waals surface area (Å²) >= 11 is 1.55. The van der Waals surface area contributed by atoms with Gasteiger partial charge in [0.15, 0.2) is 0 Å². The van der Waals surface area contributed by atoms with E-state index < -0.39 is 0 Å². The quantitative estimate of drug-likeness (QED) is 0.686. The Balaban J connectivity index is 2.58. The highest BCUT2D eigenvalue weighted by molar-refractivity contribution is 8.00. The first-order valence-electron chi connectivity index (χ1n) is 5.61. The minimum atomic E-state index is -0.185. The lowest BCUT2D eigenvalue weighted by Gasteiger charge is -2.18. The highest BCUT2D eigenvalue weighted by Gasteiger charge is 2.16. The lowest BCUT2D eigenvalue weighted by molar-refractivity contribution is 0.602. The number of aryl methyl sites for hydroxylation is 1. The fraction of sp³-hybridized carbons (Fsp3) is 0.357. The molecule has 0 saturated heterocycles. The van der Waals surface area contributed by atoms with Crippen molar-refractivity contribution in [2.45, 2.75) is 37.3 Å². The zero-order chi connectivity index (χ0) is 12.6. The van der Waals surface area contributed by atoms with Crippen molar-refractivity contribution in [1.29, 1.82) is 0 Å². The van der Waals surface area contributed by atoms with Crippen molar-refractivity contribution in [1.82, 2.24) is 4.98 Å². The molecule has 90 valence electrons. The van der Waals surface area contributed by atoms with E-state index in [4.69, 9.17) is 0 Å². The van der Waals surface area contributed by atoms with Gasteiger partial charge in [-0.05, 0) is 24.6 Å². The molecule has 0 unspecified atom stereocenters. The van der Waals surface area contributed by atoms with E-state index in [0.29, 0.717) is 4.90 Å². The number of benzene rings is 1. The summed E-state index contributed by atoms with van der Waals surface area (Å²) in [6.45, 7) is 8.26. The Kier molecular flexibility index (Phi) is 3.13. The Bertz CT molecular complexity index is 558. The van der Waals surface area contributed by atoms with E-state index in [-0.39, 0.29) is 10.6 Å². The van der Waals surface area contributed by atoms with Gasteiger partial charge in [0.2, 0.25) is 0 Å².